The minimum Gasteiger partial charge on any atom is -0.380 e. The molecule has 0 amide bonds. The van der Waals surface area contributed by atoms with E-state index in [4.69, 9.17) is 15.3 Å². The van der Waals surface area contributed by atoms with Gasteiger partial charge in [-0.2, -0.15) is 0 Å². The summed E-state index contributed by atoms with van der Waals surface area (Å²) in [6.07, 6.45) is 2.08. The normalized spacial score (nSPS) is 22.7. The maximum absolute atomic E-state index is 5.74. The maximum atomic E-state index is 5.74. The number of hydrogen-bond acceptors (Lipinski definition) is 5. The zero-order valence-electron chi connectivity index (χ0n) is 12.1. The van der Waals surface area contributed by atoms with Crippen LogP contribution in [0.2, 0.25) is 0 Å². The van der Waals surface area contributed by atoms with E-state index in [1.165, 1.54) is 0 Å². The molecule has 2 unspecified atom stereocenters. The maximum Gasteiger partial charge on any atom is 0.0651 e. The van der Waals surface area contributed by atoms with Crippen LogP contribution >= 0.6 is 0 Å². The van der Waals surface area contributed by atoms with Gasteiger partial charge in [0.05, 0.1) is 25.9 Å². The summed E-state index contributed by atoms with van der Waals surface area (Å²) in [5.74, 6) is 5.74. The quantitative estimate of drug-likeness (QED) is 0.383. The molecule has 0 spiro atoms. The van der Waals surface area contributed by atoms with E-state index < -0.39 is 0 Å². The lowest BCUT2D eigenvalue weighted by Crippen LogP contribution is -2.64. The van der Waals surface area contributed by atoms with Gasteiger partial charge in [-0.1, -0.05) is 13.8 Å². The third-order valence-corrected chi connectivity index (χ3v) is 4.03. The second kappa shape index (κ2) is 8.07. The third-order valence-electron chi connectivity index (χ3n) is 4.03. The Bertz CT molecular complexity index is 222. The van der Waals surface area contributed by atoms with Crippen LogP contribution in [0.5, 0.6) is 0 Å². The van der Waals surface area contributed by atoms with Crippen molar-refractivity contribution in [3.8, 4) is 0 Å². The Balaban J connectivity index is 2.62. The van der Waals surface area contributed by atoms with Crippen molar-refractivity contribution in [3.05, 3.63) is 0 Å². The lowest BCUT2D eigenvalue weighted by molar-refractivity contribution is -0.0466. The van der Waals surface area contributed by atoms with Gasteiger partial charge in [-0.25, -0.2) is 0 Å². The first-order chi connectivity index (χ1) is 8.69. The van der Waals surface area contributed by atoms with Crippen molar-refractivity contribution in [1.29, 1.82) is 0 Å². The molecule has 0 radical (unpaired) electrons. The largest absolute Gasteiger partial charge is 0.380 e. The summed E-state index contributed by atoms with van der Waals surface area (Å²) in [5.41, 5.74) is 2.96. The molecule has 1 rings (SSSR count). The Kier molecular flexibility index (Phi) is 7.11. The summed E-state index contributed by atoms with van der Waals surface area (Å²) in [4.78, 5) is 2.47. The molecule has 0 aromatic carbocycles. The van der Waals surface area contributed by atoms with Gasteiger partial charge in [0.2, 0.25) is 0 Å². The number of hydrazine groups is 1. The first-order valence-corrected chi connectivity index (χ1v) is 7.05. The minimum absolute atomic E-state index is 0.0201. The number of nitrogens with one attached hydrogen (secondary N) is 1. The average molecular weight is 259 g/mol. The van der Waals surface area contributed by atoms with Gasteiger partial charge in [0.15, 0.2) is 0 Å². The highest BCUT2D eigenvalue weighted by Crippen LogP contribution is 2.25. The van der Waals surface area contributed by atoms with Crippen LogP contribution in [-0.2, 0) is 9.47 Å². The van der Waals surface area contributed by atoms with Crippen LogP contribution in [-0.4, -0.2) is 56.0 Å². The van der Waals surface area contributed by atoms with Crippen molar-refractivity contribution < 1.29 is 9.47 Å². The Morgan fingerprint density at radius 3 is 2.56 bits per heavy atom. The van der Waals surface area contributed by atoms with Crippen molar-refractivity contribution in [3.63, 3.8) is 0 Å². The molecule has 1 fully saturated rings. The monoisotopic (exact) mass is 259 g/mol. The molecule has 0 bridgehead atoms. The van der Waals surface area contributed by atoms with E-state index in [0.29, 0.717) is 6.61 Å². The lowest BCUT2D eigenvalue weighted by Gasteiger charge is -2.47. The number of nitrogens with two attached hydrogens (primary N) is 1. The molecule has 0 aliphatic carbocycles. The first kappa shape index (κ1) is 15.9. The molecule has 5 heteroatoms. The highest BCUT2D eigenvalue weighted by molar-refractivity contribution is 4.96. The van der Waals surface area contributed by atoms with Crippen LogP contribution in [0.25, 0.3) is 0 Å². The molecule has 3 N–H and O–H groups in total. The van der Waals surface area contributed by atoms with E-state index in [0.717, 1.165) is 45.8 Å². The fourth-order valence-electron chi connectivity index (χ4n) is 2.52. The SMILES string of the molecule is CCCOCC(NN)C(C)(CC)N1CCOCC1. The molecule has 0 aromatic heterocycles. The molecular weight excluding hydrogens is 230 g/mol. The topological polar surface area (TPSA) is 59.8 Å². The van der Waals surface area contributed by atoms with Crippen LogP contribution in [0, 0.1) is 0 Å². The molecule has 108 valence electrons. The molecule has 1 saturated heterocycles. The summed E-state index contributed by atoms with van der Waals surface area (Å²) in [6.45, 7) is 11.6. The molecule has 1 aliphatic heterocycles. The predicted molar refractivity (Wildman–Crippen MR) is 73.3 cm³/mol. The number of ether oxygens (including phenoxy) is 2. The Labute approximate surface area is 111 Å². The van der Waals surface area contributed by atoms with E-state index >= 15 is 0 Å². The summed E-state index contributed by atoms with van der Waals surface area (Å²) in [5, 5.41) is 0. The van der Waals surface area contributed by atoms with Gasteiger partial charge >= 0.3 is 0 Å². The van der Waals surface area contributed by atoms with Crippen LogP contribution < -0.4 is 11.3 Å². The average Bonchev–Trinajstić information content (AvgIpc) is 2.44. The minimum atomic E-state index is 0.0201. The number of hydrogen-bond donors (Lipinski definition) is 2. The van der Waals surface area contributed by atoms with E-state index in [9.17, 15) is 0 Å². The van der Waals surface area contributed by atoms with Crippen LogP contribution in [0.1, 0.15) is 33.6 Å². The molecule has 18 heavy (non-hydrogen) atoms. The molecule has 5 nitrogen and oxygen atoms in total. The Morgan fingerprint density at radius 2 is 2.06 bits per heavy atom. The van der Waals surface area contributed by atoms with Gasteiger partial charge in [-0.15, -0.1) is 0 Å². The van der Waals surface area contributed by atoms with Gasteiger partial charge in [0.1, 0.15) is 0 Å². The van der Waals surface area contributed by atoms with Crippen molar-refractivity contribution in [2.24, 2.45) is 5.84 Å². The fraction of sp³-hybridized carbons (Fsp3) is 1.00. The van der Waals surface area contributed by atoms with E-state index in [1.54, 1.807) is 0 Å². The molecule has 0 saturated carbocycles. The van der Waals surface area contributed by atoms with Gasteiger partial charge in [0, 0.05) is 25.2 Å². The fourth-order valence-corrected chi connectivity index (χ4v) is 2.52. The molecule has 1 heterocycles. The zero-order valence-corrected chi connectivity index (χ0v) is 12.1. The van der Waals surface area contributed by atoms with Crippen molar-refractivity contribution in [2.75, 3.05) is 39.5 Å². The van der Waals surface area contributed by atoms with Gasteiger partial charge in [0.25, 0.3) is 0 Å². The molecule has 2 atom stereocenters. The third kappa shape index (κ3) is 3.90. The summed E-state index contributed by atoms with van der Waals surface area (Å²) in [7, 11) is 0. The summed E-state index contributed by atoms with van der Waals surface area (Å²) < 4.78 is 11.1. The predicted octanol–water partition coefficient (Wildman–Crippen LogP) is 0.746. The Morgan fingerprint density at radius 1 is 1.39 bits per heavy atom. The lowest BCUT2D eigenvalue weighted by atomic mass is 9.87. The molecule has 0 aromatic rings. The first-order valence-electron chi connectivity index (χ1n) is 7.05. The number of nitrogens with zero attached hydrogens (tertiary/aromatic N) is 1. The summed E-state index contributed by atoms with van der Waals surface area (Å²) in [6, 6.07) is 0.146. The smallest absolute Gasteiger partial charge is 0.0651 e. The molecule has 1 aliphatic rings. The highest BCUT2D eigenvalue weighted by Gasteiger charge is 2.38. The standard InChI is InChI=1S/C13H29N3O2/c1-4-8-18-11-12(15-14)13(3,5-2)16-6-9-17-10-7-16/h12,15H,4-11,14H2,1-3H3. The van der Waals surface area contributed by atoms with E-state index in [2.05, 4.69) is 31.1 Å². The van der Waals surface area contributed by atoms with E-state index in [1.807, 2.05) is 0 Å². The van der Waals surface area contributed by atoms with Crippen molar-refractivity contribution in [2.45, 2.75) is 45.2 Å². The van der Waals surface area contributed by atoms with Crippen LogP contribution in [0.4, 0.5) is 0 Å². The van der Waals surface area contributed by atoms with Crippen LogP contribution in [0.15, 0.2) is 0 Å². The number of rotatable bonds is 8. The summed E-state index contributed by atoms with van der Waals surface area (Å²) >= 11 is 0. The molecular formula is C13H29N3O2. The second-order valence-corrected chi connectivity index (χ2v) is 5.10. The van der Waals surface area contributed by atoms with Crippen LogP contribution in [0.3, 0.4) is 0 Å². The van der Waals surface area contributed by atoms with Gasteiger partial charge < -0.3 is 9.47 Å². The Hall–Kier alpha value is -0.200. The van der Waals surface area contributed by atoms with Crippen molar-refractivity contribution in [1.82, 2.24) is 10.3 Å². The highest BCUT2D eigenvalue weighted by atomic mass is 16.5. The zero-order chi connectivity index (χ0) is 13.4. The number of morpholine rings is 1. The second-order valence-electron chi connectivity index (χ2n) is 5.10. The van der Waals surface area contributed by atoms with Gasteiger partial charge in [-0.3, -0.25) is 16.2 Å². The van der Waals surface area contributed by atoms with Gasteiger partial charge in [-0.05, 0) is 19.8 Å². The van der Waals surface area contributed by atoms with Crippen molar-refractivity contribution >= 4 is 0 Å². The van der Waals surface area contributed by atoms with E-state index in [-0.39, 0.29) is 11.6 Å².